The van der Waals surface area contributed by atoms with Gasteiger partial charge in [-0.25, -0.2) is 4.39 Å². The molecule has 1 aromatic carbocycles. The second-order valence-corrected chi connectivity index (χ2v) is 6.82. The third-order valence-corrected chi connectivity index (χ3v) is 5.35. The van der Waals surface area contributed by atoms with Crippen molar-refractivity contribution >= 4 is 5.91 Å². The van der Waals surface area contributed by atoms with E-state index in [1.165, 1.54) is 12.1 Å². The molecule has 0 atom stereocenters. The van der Waals surface area contributed by atoms with Crippen LogP contribution in [0.15, 0.2) is 24.3 Å². The number of hydrogen-bond donors (Lipinski definition) is 2. The zero-order valence-corrected chi connectivity index (χ0v) is 13.3. The minimum atomic E-state index is -1.21. The van der Waals surface area contributed by atoms with Gasteiger partial charge in [0.2, 0.25) is 0 Å². The zero-order valence-electron chi connectivity index (χ0n) is 13.3. The Morgan fingerprint density at radius 2 is 1.74 bits per heavy atom. The van der Waals surface area contributed by atoms with Gasteiger partial charge < -0.3 is 15.2 Å². The van der Waals surface area contributed by atoms with Gasteiger partial charge in [-0.05, 0) is 56.2 Å². The van der Waals surface area contributed by atoms with Crippen molar-refractivity contribution in [3.63, 3.8) is 0 Å². The molecular weight excluding hydrogens is 297 g/mol. The van der Waals surface area contributed by atoms with E-state index in [0.717, 1.165) is 31.2 Å². The molecule has 5 heteroatoms. The smallest absolute Gasteiger partial charge is 0.251 e. The summed E-state index contributed by atoms with van der Waals surface area (Å²) >= 11 is 0. The SMILES string of the molecule is O=C(NCC1(c2ccc(F)cc2)CCOCC1)C1(O)CCCC1. The van der Waals surface area contributed by atoms with Gasteiger partial charge in [-0.2, -0.15) is 0 Å². The van der Waals surface area contributed by atoms with Crippen LogP contribution in [0.4, 0.5) is 4.39 Å². The molecule has 0 unspecified atom stereocenters. The molecule has 1 amide bonds. The zero-order chi connectivity index (χ0) is 16.3. The van der Waals surface area contributed by atoms with E-state index in [0.29, 0.717) is 32.6 Å². The summed E-state index contributed by atoms with van der Waals surface area (Å²) in [5, 5.41) is 13.3. The Morgan fingerprint density at radius 1 is 1.13 bits per heavy atom. The first-order valence-corrected chi connectivity index (χ1v) is 8.39. The van der Waals surface area contributed by atoms with E-state index in [1.807, 2.05) is 0 Å². The van der Waals surface area contributed by atoms with Crippen LogP contribution in [0.1, 0.15) is 44.1 Å². The molecule has 23 heavy (non-hydrogen) atoms. The molecule has 1 aromatic rings. The molecule has 0 bridgehead atoms. The average Bonchev–Trinajstić information content (AvgIpc) is 3.02. The van der Waals surface area contributed by atoms with E-state index >= 15 is 0 Å². The lowest BCUT2D eigenvalue weighted by molar-refractivity contribution is -0.139. The number of hydrogen-bond acceptors (Lipinski definition) is 3. The van der Waals surface area contributed by atoms with Crippen molar-refractivity contribution in [1.82, 2.24) is 5.32 Å². The second-order valence-electron chi connectivity index (χ2n) is 6.82. The van der Waals surface area contributed by atoms with Gasteiger partial charge in [0.1, 0.15) is 11.4 Å². The van der Waals surface area contributed by atoms with Crippen molar-refractivity contribution in [2.45, 2.75) is 49.5 Å². The minimum absolute atomic E-state index is 0.253. The Bertz CT molecular complexity index is 546. The van der Waals surface area contributed by atoms with E-state index in [2.05, 4.69) is 5.32 Å². The Morgan fingerprint density at radius 3 is 2.35 bits per heavy atom. The third-order valence-electron chi connectivity index (χ3n) is 5.35. The first-order chi connectivity index (χ1) is 11.0. The molecule has 2 aliphatic rings. The van der Waals surface area contributed by atoms with E-state index in [4.69, 9.17) is 4.74 Å². The summed E-state index contributed by atoms with van der Waals surface area (Å²) in [6, 6.07) is 6.49. The lowest BCUT2D eigenvalue weighted by Crippen LogP contribution is -2.51. The first-order valence-electron chi connectivity index (χ1n) is 8.39. The molecule has 126 valence electrons. The molecule has 0 spiro atoms. The van der Waals surface area contributed by atoms with E-state index in [-0.39, 0.29) is 17.1 Å². The topological polar surface area (TPSA) is 58.6 Å². The standard InChI is InChI=1S/C18H24FNO3/c19-15-5-3-14(4-6-15)17(9-11-23-12-10-17)13-20-16(21)18(22)7-1-2-8-18/h3-6,22H,1-2,7-13H2,(H,20,21). The van der Waals surface area contributed by atoms with Crippen molar-refractivity contribution < 1.29 is 19.0 Å². The second kappa shape index (κ2) is 6.57. The highest BCUT2D eigenvalue weighted by Crippen LogP contribution is 2.35. The van der Waals surface area contributed by atoms with Crippen molar-refractivity contribution in [1.29, 1.82) is 0 Å². The van der Waals surface area contributed by atoms with Gasteiger partial charge in [0.25, 0.3) is 5.91 Å². The fraction of sp³-hybridized carbons (Fsp3) is 0.611. The molecule has 3 rings (SSSR count). The third kappa shape index (κ3) is 3.40. The summed E-state index contributed by atoms with van der Waals surface area (Å²) < 4.78 is 18.7. The number of rotatable bonds is 4. The Balaban J connectivity index is 1.74. The van der Waals surface area contributed by atoms with Crippen LogP contribution in [0.5, 0.6) is 0 Å². The summed E-state index contributed by atoms with van der Waals surface area (Å²) in [6.45, 7) is 1.69. The van der Waals surface area contributed by atoms with Crippen molar-refractivity contribution in [3.8, 4) is 0 Å². The highest BCUT2D eigenvalue weighted by molar-refractivity contribution is 5.85. The highest BCUT2D eigenvalue weighted by Gasteiger charge is 2.41. The maximum absolute atomic E-state index is 13.2. The number of carbonyl (C=O) groups excluding carboxylic acids is 1. The van der Waals surface area contributed by atoms with Gasteiger partial charge in [-0.15, -0.1) is 0 Å². The Kier molecular flexibility index (Phi) is 4.69. The van der Waals surface area contributed by atoms with Crippen molar-refractivity contribution in [2.24, 2.45) is 0 Å². The van der Waals surface area contributed by atoms with Crippen LogP contribution in [0, 0.1) is 5.82 Å². The van der Waals surface area contributed by atoms with Gasteiger partial charge >= 0.3 is 0 Å². The normalized spacial score (nSPS) is 22.7. The molecule has 2 fully saturated rings. The highest BCUT2D eigenvalue weighted by atomic mass is 19.1. The molecule has 0 radical (unpaired) electrons. The van der Waals surface area contributed by atoms with E-state index in [9.17, 15) is 14.3 Å². The predicted molar refractivity (Wildman–Crippen MR) is 84.6 cm³/mol. The summed E-state index contributed by atoms with van der Waals surface area (Å²) in [6.07, 6.45) is 4.40. The first kappa shape index (κ1) is 16.4. The van der Waals surface area contributed by atoms with Gasteiger partial charge in [0.15, 0.2) is 0 Å². The number of ether oxygens (including phenoxy) is 1. The summed E-state index contributed by atoms with van der Waals surface area (Å²) in [5.74, 6) is -0.539. The minimum Gasteiger partial charge on any atom is -0.381 e. The fourth-order valence-corrected chi connectivity index (χ4v) is 3.73. The Hall–Kier alpha value is -1.46. The lowest BCUT2D eigenvalue weighted by Gasteiger charge is -2.38. The van der Waals surface area contributed by atoms with Gasteiger partial charge in [0, 0.05) is 25.2 Å². The molecule has 4 nitrogen and oxygen atoms in total. The molecule has 1 saturated carbocycles. The van der Waals surface area contributed by atoms with E-state index < -0.39 is 5.60 Å². The number of carbonyl (C=O) groups is 1. The number of aliphatic hydroxyl groups is 1. The monoisotopic (exact) mass is 321 g/mol. The van der Waals surface area contributed by atoms with Crippen LogP contribution in [0.2, 0.25) is 0 Å². The molecule has 1 heterocycles. The molecule has 2 N–H and O–H groups in total. The molecule has 1 aliphatic carbocycles. The maximum Gasteiger partial charge on any atom is 0.251 e. The van der Waals surface area contributed by atoms with Crippen molar-refractivity contribution in [3.05, 3.63) is 35.6 Å². The molecule has 0 aromatic heterocycles. The Labute approximate surface area is 136 Å². The molecular formula is C18H24FNO3. The van der Waals surface area contributed by atoms with Gasteiger partial charge in [-0.3, -0.25) is 4.79 Å². The predicted octanol–water partition coefficient (Wildman–Crippen LogP) is 2.30. The maximum atomic E-state index is 13.2. The molecule has 1 aliphatic heterocycles. The largest absolute Gasteiger partial charge is 0.381 e. The van der Waals surface area contributed by atoms with Gasteiger partial charge in [0.05, 0.1) is 0 Å². The number of amides is 1. The van der Waals surface area contributed by atoms with Crippen LogP contribution in [-0.2, 0) is 14.9 Å². The quantitative estimate of drug-likeness (QED) is 0.894. The van der Waals surface area contributed by atoms with Crippen LogP contribution >= 0.6 is 0 Å². The number of benzene rings is 1. The van der Waals surface area contributed by atoms with Crippen LogP contribution < -0.4 is 5.32 Å². The number of halogens is 1. The van der Waals surface area contributed by atoms with Gasteiger partial charge in [-0.1, -0.05) is 12.1 Å². The van der Waals surface area contributed by atoms with Crippen LogP contribution in [0.25, 0.3) is 0 Å². The van der Waals surface area contributed by atoms with Crippen LogP contribution in [-0.4, -0.2) is 36.4 Å². The van der Waals surface area contributed by atoms with Crippen LogP contribution in [0.3, 0.4) is 0 Å². The summed E-state index contributed by atoms with van der Waals surface area (Å²) in [4.78, 5) is 12.4. The fourth-order valence-electron chi connectivity index (χ4n) is 3.73. The lowest BCUT2D eigenvalue weighted by atomic mass is 9.74. The molecule has 1 saturated heterocycles. The van der Waals surface area contributed by atoms with Crippen molar-refractivity contribution in [2.75, 3.05) is 19.8 Å². The number of nitrogens with one attached hydrogen (secondary N) is 1. The summed E-state index contributed by atoms with van der Waals surface area (Å²) in [7, 11) is 0. The van der Waals surface area contributed by atoms with E-state index in [1.54, 1.807) is 12.1 Å². The summed E-state index contributed by atoms with van der Waals surface area (Å²) in [5.41, 5.74) is -0.452. The average molecular weight is 321 g/mol.